The van der Waals surface area contributed by atoms with Gasteiger partial charge in [0.05, 0.1) is 12.0 Å². The molecule has 0 unspecified atom stereocenters. The Hall–Kier alpha value is -1.13. The average molecular weight is 277 g/mol. The third kappa shape index (κ3) is 3.67. The molecule has 19 heavy (non-hydrogen) atoms. The van der Waals surface area contributed by atoms with Gasteiger partial charge in [-0.3, -0.25) is 0 Å². The fourth-order valence-electron chi connectivity index (χ4n) is 2.11. The van der Waals surface area contributed by atoms with Crippen molar-refractivity contribution in [3.05, 3.63) is 40.6 Å². The predicted octanol–water partition coefficient (Wildman–Crippen LogP) is 3.42. The summed E-state index contributed by atoms with van der Waals surface area (Å²) in [4.78, 5) is 5.71. The molecule has 0 aliphatic heterocycles. The van der Waals surface area contributed by atoms with Crippen LogP contribution in [-0.4, -0.2) is 15.6 Å². The van der Waals surface area contributed by atoms with Gasteiger partial charge in [0.2, 0.25) is 0 Å². The van der Waals surface area contributed by atoms with Crippen LogP contribution in [0.3, 0.4) is 0 Å². The van der Waals surface area contributed by atoms with Gasteiger partial charge in [0, 0.05) is 35.6 Å². The molecule has 0 fully saturated rings. The summed E-state index contributed by atoms with van der Waals surface area (Å²) in [5.41, 5.74) is 1.39. The van der Waals surface area contributed by atoms with Crippen LogP contribution in [0.2, 0.25) is 0 Å². The van der Waals surface area contributed by atoms with E-state index in [1.165, 1.54) is 10.6 Å². The summed E-state index contributed by atoms with van der Waals surface area (Å²) in [7, 11) is 0. The zero-order valence-corrected chi connectivity index (χ0v) is 13.0. The quantitative estimate of drug-likeness (QED) is 0.877. The highest BCUT2D eigenvalue weighted by Crippen LogP contribution is 2.29. The van der Waals surface area contributed by atoms with Crippen LogP contribution in [0.1, 0.15) is 38.3 Å². The fourth-order valence-corrected chi connectivity index (χ4v) is 2.96. The molecule has 2 rings (SSSR count). The van der Waals surface area contributed by atoms with E-state index >= 15 is 0 Å². The SMILES string of the molecule is CC(C)NCc1cncn1CC(C)(C)c1cccs1. The van der Waals surface area contributed by atoms with Gasteiger partial charge in [0.1, 0.15) is 0 Å². The Morgan fingerprint density at radius 2 is 2.21 bits per heavy atom. The van der Waals surface area contributed by atoms with Gasteiger partial charge in [-0.25, -0.2) is 4.98 Å². The number of aromatic nitrogens is 2. The summed E-state index contributed by atoms with van der Waals surface area (Å²) >= 11 is 1.83. The third-order valence-electron chi connectivity index (χ3n) is 3.24. The largest absolute Gasteiger partial charge is 0.333 e. The maximum absolute atomic E-state index is 4.29. The second-order valence-corrected chi connectivity index (χ2v) is 6.86. The van der Waals surface area contributed by atoms with Crippen molar-refractivity contribution in [1.82, 2.24) is 14.9 Å². The standard InChI is InChI=1S/C15H23N3S/c1-12(2)17-9-13-8-16-11-18(13)10-15(3,4)14-6-5-7-19-14/h5-8,11-12,17H,9-10H2,1-4H3. The highest BCUT2D eigenvalue weighted by Gasteiger charge is 2.23. The Labute approximate surface area is 119 Å². The maximum atomic E-state index is 4.29. The van der Waals surface area contributed by atoms with Gasteiger partial charge in [-0.1, -0.05) is 33.8 Å². The molecule has 0 aliphatic carbocycles. The number of nitrogens with zero attached hydrogens (tertiary/aromatic N) is 2. The highest BCUT2D eigenvalue weighted by molar-refractivity contribution is 7.10. The molecule has 0 amide bonds. The summed E-state index contributed by atoms with van der Waals surface area (Å²) in [5, 5.41) is 5.60. The van der Waals surface area contributed by atoms with E-state index in [0.717, 1.165) is 13.1 Å². The van der Waals surface area contributed by atoms with Crippen LogP contribution in [0.4, 0.5) is 0 Å². The summed E-state index contributed by atoms with van der Waals surface area (Å²) in [5.74, 6) is 0. The molecule has 0 radical (unpaired) electrons. The maximum Gasteiger partial charge on any atom is 0.0948 e. The normalized spacial score (nSPS) is 12.3. The van der Waals surface area contributed by atoms with Gasteiger partial charge in [-0.05, 0) is 11.4 Å². The lowest BCUT2D eigenvalue weighted by atomic mass is 9.91. The molecule has 1 N–H and O–H groups in total. The van der Waals surface area contributed by atoms with Gasteiger partial charge >= 0.3 is 0 Å². The van der Waals surface area contributed by atoms with Crippen LogP contribution in [0.5, 0.6) is 0 Å². The van der Waals surface area contributed by atoms with Crippen LogP contribution >= 0.6 is 11.3 Å². The van der Waals surface area contributed by atoms with Gasteiger partial charge in [-0.15, -0.1) is 11.3 Å². The van der Waals surface area contributed by atoms with Crippen molar-refractivity contribution < 1.29 is 0 Å². The molecule has 104 valence electrons. The lowest BCUT2D eigenvalue weighted by Crippen LogP contribution is -2.27. The molecular formula is C15H23N3S. The van der Waals surface area contributed by atoms with E-state index in [-0.39, 0.29) is 5.41 Å². The van der Waals surface area contributed by atoms with E-state index in [0.29, 0.717) is 6.04 Å². The zero-order chi connectivity index (χ0) is 13.9. The first-order chi connectivity index (χ1) is 8.99. The molecule has 2 aromatic rings. The van der Waals surface area contributed by atoms with Crippen LogP contribution in [-0.2, 0) is 18.5 Å². The topological polar surface area (TPSA) is 29.9 Å². The fraction of sp³-hybridized carbons (Fsp3) is 0.533. The van der Waals surface area contributed by atoms with E-state index < -0.39 is 0 Å². The first kappa shape index (κ1) is 14.3. The van der Waals surface area contributed by atoms with Gasteiger partial charge in [0.25, 0.3) is 0 Å². The molecule has 0 saturated carbocycles. The number of hydrogen-bond donors (Lipinski definition) is 1. The highest BCUT2D eigenvalue weighted by atomic mass is 32.1. The van der Waals surface area contributed by atoms with Crippen LogP contribution in [0, 0.1) is 0 Å². The van der Waals surface area contributed by atoms with Crippen molar-refractivity contribution in [2.45, 2.75) is 52.2 Å². The van der Waals surface area contributed by atoms with Gasteiger partial charge in [0.15, 0.2) is 0 Å². The van der Waals surface area contributed by atoms with E-state index in [9.17, 15) is 0 Å². The van der Waals surface area contributed by atoms with Crippen LogP contribution in [0.25, 0.3) is 0 Å². The van der Waals surface area contributed by atoms with Gasteiger partial charge < -0.3 is 9.88 Å². The minimum atomic E-state index is 0.140. The summed E-state index contributed by atoms with van der Waals surface area (Å²) in [6, 6.07) is 4.83. The smallest absolute Gasteiger partial charge is 0.0948 e. The molecule has 2 aromatic heterocycles. The Morgan fingerprint density at radius 1 is 1.42 bits per heavy atom. The summed E-state index contributed by atoms with van der Waals surface area (Å²) in [6.07, 6.45) is 3.90. The van der Waals surface area contributed by atoms with E-state index in [1.54, 1.807) is 0 Å². The Bertz CT molecular complexity index is 497. The molecule has 0 aliphatic rings. The number of thiophene rings is 1. The molecule has 2 heterocycles. The molecule has 0 bridgehead atoms. The van der Waals surface area contributed by atoms with Crippen molar-refractivity contribution in [1.29, 1.82) is 0 Å². The van der Waals surface area contributed by atoms with Crippen LogP contribution < -0.4 is 5.32 Å². The molecular weight excluding hydrogens is 254 g/mol. The van der Waals surface area contributed by atoms with E-state index in [2.05, 4.69) is 60.1 Å². The molecule has 3 nitrogen and oxygen atoms in total. The molecule has 4 heteroatoms. The Balaban J connectivity index is 2.09. The Kier molecular flexibility index (Phi) is 4.42. The lowest BCUT2D eigenvalue weighted by Gasteiger charge is -2.25. The van der Waals surface area contributed by atoms with Crippen molar-refractivity contribution in [2.75, 3.05) is 0 Å². The van der Waals surface area contributed by atoms with Gasteiger partial charge in [-0.2, -0.15) is 0 Å². The lowest BCUT2D eigenvalue weighted by molar-refractivity contribution is 0.427. The third-order valence-corrected chi connectivity index (χ3v) is 4.48. The van der Waals surface area contributed by atoms with Crippen molar-refractivity contribution in [2.24, 2.45) is 0 Å². The second kappa shape index (κ2) is 5.88. The number of nitrogens with one attached hydrogen (secondary N) is 1. The second-order valence-electron chi connectivity index (χ2n) is 5.91. The summed E-state index contributed by atoms with van der Waals surface area (Å²) < 4.78 is 2.26. The monoisotopic (exact) mass is 277 g/mol. The molecule has 0 aromatic carbocycles. The Morgan fingerprint density at radius 3 is 2.84 bits per heavy atom. The van der Waals surface area contributed by atoms with Crippen molar-refractivity contribution in [3.8, 4) is 0 Å². The van der Waals surface area contributed by atoms with Crippen molar-refractivity contribution >= 4 is 11.3 Å². The molecule has 0 atom stereocenters. The zero-order valence-electron chi connectivity index (χ0n) is 12.2. The minimum Gasteiger partial charge on any atom is -0.333 e. The molecule has 0 spiro atoms. The first-order valence-electron chi connectivity index (χ1n) is 6.75. The predicted molar refractivity (Wildman–Crippen MR) is 81.5 cm³/mol. The first-order valence-corrected chi connectivity index (χ1v) is 7.63. The number of hydrogen-bond acceptors (Lipinski definition) is 3. The van der Waals surface area contributed by atoms with Crippen LogP contribution in [0.15, 0.2) is 30.0 Å². The summed E-state index contributed by atoms with van der Waals surface area (Å²) in [6.45, 7) is 10.7. The minimum absolute atomic E-state index is 0.140. The van der Waals surface area contributed by atoms with Crippen molar-refractivity contribution in [3.63, 3.8) is 0 Å². The average Bonchev–Trinajstić information content (AvgIpc) is 2.96. The number of rotatable bonds is 6. The molecule has 0 saturated heterocycles. The number of imidazole rings is 1. The van der Waals surface area contributed by atoms with E-state index in [4.69, 9.17) is 0 Å². The van der Waals surface area contributed by atoms with E-state index in [1.807, 2.05) is 23.9 Å².